The Morgan fingerprint density at radius 2 is 1.83 bits per heavy atom. The van der Waals surface area contributed by atoms with Crippen molar-refractivity contribution in [1.82, 2.24) is 10.2 Å². The molecule has 1 aliphatic carbocycles. The first-order valence-electron chi connectivity index (χ1n) is 7.84. The number of rotatable bonds is 4. The molecule has 3 rings (SSSR count). The minimum atomic E-state index is 0.365. The number of nitrogens with zero attached hydrogens (tertiary/aromatic N) is 1. The van der Waals surface area contributed by atoms with E-state index in [4.69, 9.17) is 0 Å². The average molecular weight is 250 g/mol. The molecule has 102 valence electrons. The molecule has 2 aliphatic heterocycles. The molecule has 3 heteroatoms. The zero-order valence-electron chi connectivity index (χ0n) is 11.5. The van der Waals surface area contributed by atoms with Crippen molar-refractivity contribution in [2.75, 3.05) is 6.54 Å². The average Bonchev–Trinajstić information content (AvgIpc) is 2.63. The van der Waals surface area contributed by atoms with Crippen LogP contribution < -0.4 is 5.32 Å². The van der Waals surface area contributed by atoms with Gasteiger partial charge in [-0.25, -0.2) is 0 Å². The molecule has 2 atom stereocenters. The molecule has 0 aromatic rings. The number of carbonyl (C=O) groups excluding carboxylic acids is 1. The van der Waals surface area contributed by atoms with Gasteiger partial charge in [0, 0.05) is 30.6 Å². The van der Waals surface area contributed by atoms with E-state index in [1.807, 2.05) is 0 Å². The van der Waals surface area contributed by atoms with E-state index >= 15 is 0 Å². The zero-order chi connectivity index (χ0) is 12.5. The van der Waals surface area contributed by atoms with Gasteiger partial charge in [-0.15, -0.1) is 0 Å². The molecule has 1 saturated carbocycles. The summed E-state index contributed by atoms with van der Waals surface area (Å²) in [6.07, 6.45) is 9.64. The van der Waals surface area contributed by atoms with Crippen LogP contribution in [0.15, 0.2) is 0 Å². The molecule has 3 aliphatic rings. The fourth-order valence-electron chi connectivity index (χ4n) is 3.89. The summed E-state index contributed by atoms with van der Waals surface area (Å²) in [6, 6.07) is 1.89. The summed E-state index contributed by atoms with van der Waals surface area (Å²) in [6.45, 7) is 3.16. The molecule has 2 saturated heterocycles. The highest BCUT2D eigenvalue weighted by Crippen LogP contribution is 2.33. The Morgan fingerprint density at radius 1 is 1.17 bits per heavy atom. The molecule has 0 aromatic heterocycles. The van der Waals surface area contributed by atoms with Crippen LogP contribution in [-0.2, 0) is 4.79 Å². The molecule has 0 aromatic carbocycles. The highest BCUT2D eigenvalue weighted by molar-refractivity contribution is 5.80. The zero-order valence-corrected chi connectivity index (χ0v) is 11.5. The summed E-state index contributed by atoms with van der Waals surface area (Å²) in [5, 5.41) is 3.68. The van der Waals surface area contributed by atoms with Gasteiger partial charge in [0.05, 0.1) is 0 Å². The van der Waals surface area contributed by atoms with E-state index in [-0.39, 0.29) is 0 Å². The van der Waals surface area contributed by atoms with E-state index in [9.17, 15) is 4.79 Å². The van der Waals surface area contributed by atoms with Crippen LogP contribution in [0.3, 0.4) is 0 Å². The van der Waals surface area contributed by atoms with Gasteiger partial charge in [-0.1, -0.05) is 13.3 Å². The highest BCUT2D eigenvalue weighted by atomic mass is 16.2. The van der Waals surface area contributed by atoms with E-state index < -0.39 is 0 Å². The number of amides is 1. The maximum atomic E-state index is 12.6. The Hall–Kier alpha value is -0.570. The van der Waals surface area contributed by atoms with Gasteiger partial charge in [0.1, 0.15) is 0 Å². The topological polar surface area (TPSA) is 32.3 Å². The molecular weight excluding hydrogens is 224 g/mol. The van der Waals surface area contributed by atoms with Crippen LogP contribution in [0.5, 0.6) is 0 Å². The Labute approximate surface area is 110 Å². The minimum absolute atomic E-state index is 0.365. The van der Waals surface area contributed by atoms with Crippen LogP contribution >= 0.6 is 0 Å². The third kappa shape index (κ3) is 2.29. The molecule has 1 amide bonds. The van der Waals surface area contributed by atoms with E-state index in [1.165, 1.54) is 32.1 Å². The van der Waals surface area contributed by atoms with E-state index in [0.29, 0.717) is 30.0 Å². The Morgan fingerprint density at radius 3 is 2.33 bits per heavy atom. The Kier molecular flexibility index (Phi) is 3.60. The maximum Gasteiger partial charge on any atom is 0.225 e. The van der Waals surface area contributed by atoms with Crippen LogP contribution in [0, 0.1) is 5.92 Å². The third-order valence-corrected chi connectivity index (χ3v) is 5.09. The van der Waals surface area contributed by atoms with Gasteiger partial charge >= 0.3 is 0 Å². The first kappa shape index (κ1) is 12.5. The van der Waals surface area contributed by atoms with E-state index in [0.717, 1.165) is 25.8 Å². The Bertz CT molecular complexity index is 302. The molecule has 2 unspecified atom stereocenters. The van der Waals surface area contributed by atoms with Crippen molar-refractivity contribution >= 4 is 5.91 Å². The Balaban J connectivity index is 1.66. The summed E-state index contributed by atoms with van der Waals surface area (Å²) in [5.41, 5.74) is 0. The number of nitrogens with one attached hydrogen (secondary N) is 1. The lowest BCUT2D eigenvalue weighted by molar-refractivity contribution is -0.141. The van der Waals surface area contributed by atoms with E-state index in [1.54, 1.807) is 0 Å². The summed E-state index contributed by atoms with van der Waals surface area (Å²) in [5.74, 6) is 0.832. The van der Waals surface area contributed by atoms with E-state index in [2.05, 4.69) is 17.1 Å². The predicted octanol–water partition coefficient (Wildman–Crippen LogP) is 2.31. The smallest absolute Gasteiger partial charge is 0.225 e. The van der Waals surface area contributed by atoms with Gasteiger partial charge in [0.15, 0.2) is 0 Å². The van der Waals surface area contributed by atoms with Crippen LogP contribution in [0.25, 0.3) is 0 Å². The monoisotopic (exact) mass is 250 g/mol. The van der Waals surface area contributed by atoms with Crippen molar-refractivity contribution in [3.63, 3.8) is 0 Å². The number of hydrogen-bond donors (Lipinski definition) is 1. The quantitative estimate of drug-likeness (QED) is 0.830. The second kappa shape index (κ2) is 5.20. The van der Waals surface area contributed by atoms with Crippen LogP contribution in [0.2, 0.25) is 0 Å². The van der Waals surface area contributed by atoms with Gasteiger partial charge in [0.25, 0.3) is 0 Å². The second-order valence-electron chi connectivity index (χ2n) is 6.42. The molecule has 2 heterocycles. The SMILES string of the molecule is CCCN(C(=O)C1CCC1)C1CC2CCC(C1)N2. The highest BCUT2D eigenvalue weighted by Gasteiger charge is 2.39. The van der Waals surface area contributed by atoms with Gasteiger partial charge in [-0.2, -0.15) is 0 Å². The summed E-state index contributed by atoms with van der Waals surface area (Å²) in [4.78, 5) is 14.8. The predicted molar refractivity (Wildman–Crippen MR) is 72.3 cm³/mol. The van der Waals surface area contributed by atoms with Crippen LogP contribution in [0.4, 0.5) is 0 Å². The summed E-state index contributed by atoms with van der Waals surface area (Å²) in [7, 11) is 0. The van der Waals surface area contributed by atoms with Crippen molar-refractivity contribution in [1.29, 1.82) is 0 Å². The number of hydrogen-bond acceptors (Lipinski definition) is 2. The lowest BCUT2D eigenvalue weighted by Gasteiger charge is -2.41. The lowest BCUT2D eigenvalue weighted by atomic mass is 9.83. The molecule has 3 nitrogen and oxygen atoms in total. The molecule has 0 spiro atoms. The largest absolute Gasteiger partial charge is 0.339 e. The number of fused-ring (bicyclic) bond motifs is 2. The first-order valence-corrected chi connectivity index (χ1v) is 7.84. The fourth-order valence-corrected chi connectivity index (χ4v) is 3.89. The van der Waals surface area contributed by atoms with Crippen molar-refractivity contribution in [3.8, 4) is 0 Å². The molecule has 3 fully saturated rings. The molecule has 1 N–H and O–H groups in total. The molecular formula is C15H26N2O. The van der Waals surface area contributed by atoms with Crippen molar-refractivity contribution in [2.24, 2.45) is 5.92 Å². The van der Waals surface area contributed by atoms with Crippen molar-refractivity contribution in [3.05, 3.63) is 0 Å². The van der Waals surface area contributed by atoms with Gasteiger partial charge < -0.3 is 10.2 Å². The third-order valence-electron chi connectivity index (χ3n) is 5.09. The normalized spacial score (nSPS) is 35.3. The standard InChI is InChI=1S/C15H26N2O/c1-2-8-17(15(18)11-4-3-5-11)14-9-12-6-7-13(10-14)16-12/h11-14,16H,2-10H2,1H3. The summed E-state index contributed by atoms with van der Waals surface area (Å²) < 4.78 is 0. The lowest BCUT2D eigenvalue weighted by Crippen LogP contribution is -2.52. The number of carbonyl (C=O) groups is 1. The fraction of sp³-hybridized carbons (Fsp3) is 0.933. The van der Waals surface area contributed by atoms with Gasteiger partial charge in [-0.05, 0) is 44.9 Å². The van der Waals surface area contributed by atoms with Crippen LogP contribution in [-0.4, -0.2) is 35.5 Å². The van der Waals surface area contributed by atoms with Crippen molar-refractivity contribution in [2.45, 2.75) is 76.4 Å². The van der Waals surface area contributed by atoms with Gasteiger partial charge in [-0.3, -0.25) is 4.79 Å². The second-order valence-corrected chi connectivity index (χ2v) is 6.42. The minimum Gasteiger partial charge on any atom is -0.339 e. The first-order chi connectivity index (χ1) is 8.78. The molecule has 0 radical (unpaired) electrons. The van der Waals surface area contributed by atoms with Gasteiger partial charge in [0.2, 0.25) is 5.91 Å². The maximum absolute atomic E-state index is 12.6. The summed E-state index contributed by atoms with van der Waals surface area (Å²) >= 11 is 0. The number of piperidine rings is 1. The molecule has 2 bridgehead atoms. The van der Waals surface area contributed by atoms with Crippen molar-refractivity contribution < 1.29 is 4.79 Å². The van der Waals surface area contributed by atoms with Crippen LogP contribution in [0.1, 0.15) is 58.3 Å². The molecule has 18 heavy (non-hydrogen) atoms.